The number of phenols is 1. The predicted octanol–water partition coefficient (Wildman–Crippen LogP) is 4.90. The molecule has 1 aromatic carbocycles. The number of aromatic nitrogens is 1. The van der Waals surface area contributed by atoms with Gasteiger partial charge in [0, 0.05) is 31.3 Å². The summed E-state index contributed by atoms with van der Waals surface area (Å²) in [6.45, 7) is 1.12. The van der Waals surface area contributed by atoms with E-state index in [1.54, 1.807) is 4.90 Å². The number of carbonyl (C=O) groups is 1. The molecule has 1 amide bonds. The fraction of sp³-hybridized carbons (Fsp3) is 0.524. The summed E-state index contributed by atoms with van der Waals surface area (Å²) in [5, 5.41) is 12.5. The molecule has 1 aliphatic heterocycles. The normalized spacial score (nSPS) is 20.3. The Labute approximate surface area is 185 Å². The minimum atomic E-state index is -4.61. The number of rotatable bonds is 6. The van der Waals surface area contributed by atoms with Crippen molar-refractivity contribution in [2.24, 2.45) is 0 Å². The van der Waals surface area contributed by atoms with E-state index in [1.807, 2.05) is 0 Å². The van der Waals surface area contributed by atoms with Crippen molar-refractivity contribution in [2.75, 3.05) is 23.3 Å². The molecule has 0 spiro atoms. The van der Waals surface area contributed by atoms with Crippen LogP contribution in [0, 0.1) is 0 Å². The number of nitrogens with zero attached hydrogens (tertiary/aromatic N) is 2. The third-order valence-electron chi connectivity index (χ3n) is 5.57. The van der Waals surface area contributed by atoms with E-state index < -0.39 is 47.7 Å². The molecule has 0 radical (unpaired) electrons. The molecule has 12 heteroatoms. The second kappa shape index (κ2) is 8.71. The molecule has 1 atom stereocenters. The van der Waals surface area contributed by atoms with E-state index in [4.69, 9.17) is 9.15 Å². The Balaban J connectivity index is 1.51. The number of amides is 1. The highest BCUT2D eigenvalue weighted by molar-refractivity contribution is 6.04. The summed E-state index contributed by atoms with van der Waals surface area (Å²) in [4.78, 5) is 18.3. The van der Waals surface area contributed by atoms with Gasteiger partial charge < -0.3 is 24.5 Å². The Morgan fingerprint density at radius 3 is 2.61 bits per heavy atom. The number of aromatic hydroxyl groups is 1. The van der Waals surface area contributed by atoms with Crippen LogP contribution in [0.2, 0.25) is 0 Å². The zero-order valence-corrected chi connectivity index (χ0v) is 17.4. The zero-order chi connectivity index (χ0) is 23.8. The SMILES string of the molecule is O=C(Nc1ccc(OC2CCCC2(F)F)c(O)c1)c1nc(N2CCCC2)oc1CC(F)(F)F. The molecule has 1 aliphatic carbocycles. The van der Waals surface area contributed by atoms with E-state index in [2.05, 4.69) is 10.3 Å². The lowest BCUT2D eigenvalue weighted by Crippen LogP contribution is -2.32. The number of hydrogen-bond donors (Lipinski definition) is 2. The molecule has 1 saturated carbocycles. The van der Waals surface area contributed by atoms with Gasteiger partial charge in [0.05, 0.1) is 0 Å². The average Bonchev–Trinajstić information content (AvgIpc) is 3.43. The maximum atomic E-state index is 13.8. The molecule has 2 aliphatic rings. The van der Waals surface area contributed by atoms with Crippen LogP contribution >= 0.6 is 0 Å². The molecule has 33 heavy (non-hydrogen) atoms. The van der Waals surface area contributed by atoms with Gasteiger partial charge in [0.25, 0.3) is 17.8 Å². The predicted molar refractivity (Wildman–Crippen MR) is 107 cm³/mol. The Morgan fingerprint density at radius 2 is 2.00 bits per heavy atom. The molecule has 1 aromatic heterocycles. The monoisotopic (exact) mass is 475 g/mol. The molecular formula is C21H22F5N3O4. The van der Waals surface area contributed by atoms with Gasteiger partial charge in [-0.3, -0.25) is 4.79 Å². The molecule has 0 bridgehead atoms. The van der Waals surface area contributed by atoms with Crippen LogP contribution in [0.1, 0.15) is 48.4 Å². The van der Waals surface area contributed by atoms with Crippen molar-refractivity contribution >= 4 is 17.6 Å². The minimum absolute atomic E-state index is 0.0201. The van der Waals surface area contributed by atoms with Gasteiger partial charge in [-0.05, 0) is 37.8 Å². The average molecular weight is 475 g/mol. The van der Waals surface area contributed by atoms with E-state index >= 15 is 0 Å². The summed E-state index contributed by atoms with van der Waals surface area (Å²) in [7, 11) is 0. The maximum absolute atomic E-state index is 13.8. The molecule has 180 valence electrons. The molecule has 2 heterocycles. The molecule has 1 unspecified atom stereocenters. The number of carbonyl (C=O) groups excluding carboxylic acids is 1. The number of hydrogen-bond acceptors (Lipinski definition) is 6. The zero-order valence-electron chi connectivity index (χ0n) is 17.4. The van der Waals surface area contributed by atoms with Crippen molar-refractivity contribution in [2.45, 2.75) is 56.7 Å². The fourth-order valence-corrected chi connectivity index (χ4v) is 3.94. The van der Waals surface area contributed by atoms with Gasteiger partial charge in [0.1, 0.15) is 12.2 Å². The fourth-order valence-electron chi connectivity index (χ4n) is 3.94. The first-order chi connectivity index (χ1) is 15.5. The summed E-state index contributed by atoms with van der Waals surface area (Å²) in [6, 6.07) is 3.49. The lowest BCUT2D eigenvalue weighted by Gasteiger charge is -2.21. The number of anilines is 2. The first kappa shape index (κ1) is 23.1. The minimum Gasteiger partial charge on any atom is -0.504 e. The Kier molecular flexibility index (Phi) is 6.10. The third kappa shape index (κ3) is 5.31. The van der Waals surface area contributed by atoms with Crippen LogP contribution in [0.4, 0.5) is 33.7 Å². The summed E-state index contributed by atoms with van der Waals surface area (Å²) in [5.74, 6) is -5.26. The van der Waals surface area contributed by atoms with Gasteiger partial charge in [0.15, 0.2) is 23.3 Å². The molecule has 2 fully saturated rings. The highest BCUT2D eigenvalue weighted by Crippen LogP contribution is 2.40. The Hall–Kier alpha value is -3.05. The van der Waals surface area contributed by atoms with Gasteiger partial charge in [-0.25, -0.2) is 8.78 Å². The topological polar surface area (TPSA) is 87.8 Å². The highest BCUT2D eigenvalue weighted by Gasteiger charge is 2.46. The summed E-state index contributed by atoms with van der Waals surface area (Å²) < 4.78 is 77.0. The van der Waals surface area contributed by atoms with Crippen LogP contribution in [0.25, 0.3) is 0 Å². The number of oxazole rings is 1. The van der Waals surface area contributed by atoms with Gasteiger partial charge in [-0.15, -0.1) is 0 Å². The second-order valence-corrected chi connectivity index (χ2v) is 8.15. The van der Waals surface area contributed by atoms with E-state index in [9.17, 15) is 31.9 Å². The van der Waals surface area contributed by atoms with E-state index in [1.165, 1.54) is 12.1 Å². The summed E-state index contributed by atoms with van der Waals surface area (Å²) >= 11 is 0. The van der Waals surface area contributed by atoms with Crippen molar-refractivity contribution in [3.8, 4) is 11.5 Å². The van der Waals surface area contributed by atoms with Crippen LogP contribution < -0.4 is 15.0 Å². The molecule has 2 N–H and O–H groups in total. The van der Waals surface area contributed by atoms with Gasteiger partial charge >= 0.3 is 6.18 Å². The second-order valence-electron chi connectivity index (χ2n) is 8.15. The number of ether oxygens (including phenoxy) is 1. The number of halogens is 5. The Morgan fingerprint density at radius 1 is 1.27 bits per heavy atom. The number of nitrogens with one attached hydrogen (secondary N) is 1. The lowest BCUT2D eigenvalue weighted by molar-refractivity contribution is -0.130. The molecule has 2 aromatic rings. The largest absolute Gasteiger partial charge is 0.504 e. The van der Waals surface area contributed by atoms with E-state index in [-0.39, 0.29) is 30.3 Å². The molecule has 1 saturated heterocycles. The first-order valence-electron chi connectivity index (χ1n) is 10.5. The lowest BCUT2D eigenvalue weighted by atomic mass is 10.2. The van der Waals surface area contributed by atoms with Gasteiger partial charge in [-0.2, -0.15) is 18.2 Å². The van der Waals surface area contributed by atoms with Crippen molar-refractivity contribution in [3.63, 3.8) is 0 Å². The molecule has 4 rings (SSSR count). The van der Waals surface area contributed by atoms with Crippen molar-refractivity contribution in [3.05, 3.63) is 29.7 Å². The van der Waals surface area contributed by atoms with E-state index in [0.717, 1.165) is 18.9 Å². The Bertz CT molecular complexity index is 1020. The summed E-state index contributed by atoms with van der Waals surface area (Å²) in [6.07, 6.45) is -5.65. The molecular weight excluding hydrogens is 453 g/mol. The van der Waals surface area contributed by atoms with Gasteiger partial charge in [-0.1, -0.05) is 0 Å². The van der Waals surface area contributed by atoms with E-state index in [0.29, 0.717) is 19.5 Å². The quantitative estimate of drug-likeness (QED) is 0.578. The van der Waals surface area contributed by atoms with Crippen LogP contribution in [-0.4, -0.2) is 47.3 Å². The molecule has 7 nitrogen and oxygen atoms in total. The number of phenolic OH excluding ortho intramolecular Hbond substituents is 1. The third-order valence-corrected chi connectivity index (χ3v) is 5.57. The van der Waals surface area contributed by atoms with Crippen molar-refractivity contribution < 1.29 is 41.0 Å². The van der Waals surface area contributed by atoms with Crippen LogP contribution in [0.5, 0.6) is 11.5 Å². The van der Waals surface area contributed by atoms with Crippen LogP contribution in [-0.2, 0) is 6.42 Å². The van der Waals surface area contributed by atoms with Gasteiger partial charge in [0.2, 0.25) is 0 Å². The van der Waals surface area contributed by atoms with Crippen LogP contribution in [0.3, 0.4) is 0 Å². The number of alkyl halides is 5. The van der Waals surface area contributed by atoms with Crippen molar-refractivity contribution in [1.29, 1.82) is 0 Å². The van der Waals surface area contributed by atoms with Crippen LogP contribution in [0.15, 0.2) is 22.6 Å². The maximum Gasteiger partial charge on any atom is 0.396 e. The van der Waals surface area contributed by atoms with Crippen molar-refractivity contribution in [1.82, 2.24) is 4.98 Å². The highest BCUT2D eigenvalue weighted by atomic mass is 19.4. The summed E-state index contributed by atoms with van der Waals surface area (Å²) in [5.41, 5.74) is -0.494. The smallest absolute Gasteiger partial charge is 0.396 e. The first-order valence-corrected chi connectivity index (χ1v) is 10.5. The standard InChI is InChI=1S/C21H22F5N3O4/c22-20(23)7-3-4-16(20)32-14-6-5-12(10-13(14)30)27-18(31)17-15(11-21(24,25)26)33-19(28-17)29-8-1-2-9-29/h5-6,10,16,30H,1-4,7-9,11H2,(H,27,31). The number of benzene rings is 1.